The molecule has 1 aliphatic rings. The molecular formula is C14H18N2. The average Bonchev–Trinajstić information content (AvgIpc) is 2.33. The smallest absolute Gasteiger partial charge is 0.0657 e. The van der Waals surface area contributed by atoms with Crippen molar-refractivity contribution in [3.05, 3.63) is 42.6 Å². The summed E-state index contributed by atoms with van der Waals surface area (Å²) in [6.07, 6.45) is 0.935. The molecule has 0 spiro atoms. The van der Waals surface area contributed by atoms with E-state index < -0.39 is 0 Å². The fourth-order valence-corrected chi connectivity index (χ4v) is 2.08. The normalized spacial score (nSPS) is 19.1. The number of fused-ring (bicyclic) bond motifs is 1. The van der Waals surface area contributed by atoms with Crippen molar-refractivity contribution < 1.29 is 0 Å². The van der Waals surface area contributed by atoms with E-state index in [1.807, 2.05) is 13.0 Å². The molecule has 0 saturated carbocycles. The van der Waals surface area contributed by atoms with Gasteiger partial charge in [-0.05, 0) is 25.5 Å². The molecule has 0 aliphatic carbocycles. The standard InChI is InChI=1S/C14H18N2/c1-9(2)12-6-5-7-13-14(12)16-11(4)8-10(3)15-13/h5-7,11,15-16H,1,3,8H2,2,4H3. The van der Waals surface area contributed by atoms with E-state index >= 15 is 0 Å². The van der Waals surface area contributed by atoms with Crippen molar-refractivity contribution in [2.24, 2.45) is 0 Å². The Kier molecular flexibility index (Phi) is 2.73. The van der Waals surface area contributed by atoms with Gasteiger partial charge in [0.05, 0.1) is 11.4 Å². The van der Waals surface area contributed by atoms with Crippen LogP contribution in [0.5, 0.6) is 0 Å². The Balaban J connectivity index is 2.52. The van der Waals surface area contributed by atoms with Gasteiger partial charge in [0.25, 0.3) is 0 Å². The molecule has 1 unspecified atom stereocenters. The molecule has 1 aliphatic heterocycles. The highest BCUT2D eigenvalue weighted by Crippen LogP contribution is 2.34. The van der Waals surface area contributed by atoms with Crippen LogP contribution in [0.15, 0.2) is 37.1 Å². The topological polar surface area (TPSA) is 24.1 Å². The third-order valence-electron chi connectivity index (χ3n) is 2.78. The summed E-state index contributed by atoms with van der Waals surface area (Å²) in [4.78, 5) is 0. The third-order valence-corrected chi connectivity index (χ3v) is 2.78. The fraction of sp³-hybridized carbons (Fsp3) is 0.286. The van der Waals surface area contributed by atoms with Crippen molar-refractivity contribution in [2.75, 3.05) is 10.6 Å². The van der Waals surface area contributed by atoms with Gasteiger partial charge in [0, 0.05) is 23.7 Å². The van der Waals surface area contributed by atoms with Gasteiger partial charge in [0.15, 0.2) is 0 Å². The van der Waals surface area contributed by atoms with E-state index in [0.29, 0.717) is 6.04 Å². The summed E-state index contributed by atoms with van der Waals surface area (Å²) in [7, 11) is 0. The van der Waals surface area contributed by atoms with Crippen molar-refractivity contribution >= 4 is 16.9 Å². The first-order valence-electron chi connectivity index (χ1n) is 5.58. The van der Waals surface area contributed by atoms with Crippen LogP contribution in [-0.2, 0) is 0 Å². The third kappa shape index (κ3) is 1.96. The lowest BCUT2D eigenvalue weighted by atomic mass is 10.0. The maximum Gasteiger partial charge on any atom is 0.0657 e. The van der Waals surface area contributed by atoms with Crippen LogP contribution < -0.4 is 10.6 Å². The summed E-state index contributed by atoms with van der Waals surface area (Å²) in [5.74, 6) is 0. The quantitative estimate of drug-likeness (QED) is 0.742. The highest BCUT2D eigenvalue weighted by molar-refractivity contribution is 5.84. The molecule has 2 nitrogen and oxygen atoms in total. The van der Waals surface area contributed by atoms with Crippen molar-refractivity contribution in [1.29, 1.82) is 0 Å². The van der Waals surface area contributed by atoms with Crippen LogP contribution in [0.25, 0.3) is 5.57 Å². The lowest BCUT2D eigenvalue weighted by molar-refractivity contribution is 0.796. The van der Waals surface area contributed by atoms with Crippen LogP contribution in [0.3, 0.4) is 0 Å². The predicted octanol–water partition coefficient (Wildman–Crippen LogP) is 3.85. The Morgan fingerprint density at radius 1 is 1.44 bits per heavy atom. The van der Waals surface area contributed by atoms with Crippen molar-refractivity contribution in [1.82, 2.24) is 0 Å². The number of anilines is 2. The van der Waals surface area contributed by atoms with E-state index in [4.69, 9.17) is 0 Å². The van der Waals surface area contributed by atoms with Gasteiger partial charge >= 0.3 is 0 Å². The molecule has 16 heavy (non-hydrogen) atoms. The van der Waals surface area contributed by atoms with E-state index in [0.717, 1.165) is 29.1 Å². The SMILES string of the molecule is C=C1CC(C)Nc2c(cccc2C(=C)C)N1. The lowest BCUT2D eigenvalue weighted by Crippen LogP contribution is -2.14. The molecule has 1 aromatic rings. The van der Waals surface area contributed by atoms with Crippen molar-refractivity contribution in [3.63, 3.8) is 0 Å². The fourth-order valence-electron chi connectivity index (χ4n) is 2.08. The number of allylic oxidation sites excluding steroid dienone is 1. The summed E-state index contributed by atoms with van der Waals surface area (Å²) >= 11 is 0. The molecule has 2 heteroatoms. The molecule has 0 radical (unpaired) electrons. The number of para-hydroxylation sites is 1. The van der Waals surface area contributed by atoms with Gasteiger partial charge in [-0.1, -0.05) is 25.3 Å². The van der Waals surface area contributed by atoms with Gasteiger partial charge in [-0.25, -0.2) is 0 Å². The van der Waals surface area contributed by atoms with Crippen LogP contribution in [-0.4, -0.2) is 6.04 Å². The highest BCUT2D eigenvalue weighted by atomic mass is 15.0. The molecule has 1 atom stereocenters. The van der Waals surface area contributed by atoms with Gasteiger partial charge in [0.1, 0.15) is 0 Å². The zero-order chi connectivity index (χ0) is 11.7. The molecule has 1 aromatic carbocycles. The molecule has 0 bridgehead atoms. The number of rotatable bonds is 1. The summed E-state index contributed by atoms with van der Waals surface area (Å²) in [6, 6.07) is 6.59. The van der Waals surface area contributed by atoms with Crippen molar-refractivity contribution in [2.45, 2.75) is 26.3 Å². The van der Waals surface area contributed by atoms with E-state index in [-0.39, 0.29) is 0 Å². The van der Waals surface area contributed by atoms with E-state index in [1.54, 1.807) is 0 Å². The van der Waals surface area contributed by atoms with Gasteiger partial charge in [-0.15, -0.1) is 0 Å². The maximum absolute atomic E-state index is 4.02. The molecule has 0 amide bonds. The monoisotopic (exact) mass is 214 g/mol. The number of benzene rings is 1. The second kappa shape index (κ2) is 4.05. The molecule has 2 N–H and O–H groups in total. The minimum atomic E-state index is 0.391. The minimum absolute atomic E-state index is 0.391. The molecule has 2 rings (SSSR count). The average molecular weight is 214 g/mol. The number of hydrogen-bond donors (Lipinski definition) is 2. The Hall–Kier alpha value is -1.70. The van der Waals surface area contributed by atoms with Gasteiger partial charge in [0.2, 0.25) is 0 Å². The Labute approximate surface area is 97.1 Å². The molecular weight excluding hydrogens is 196 g/mol. The van der Waals surface area contributed by atoms with Crippen LogP contribution in [0.1, 0.15) is 25.8 Å². The first-order chi connectivity index (χ1) is 7.58. The Morgan fingerprint density at radius 2 is 2.19 bits per heavy atom. The zero-order valence-electron chi connectivity index (χ0n) is 9.93. The van der Waals surface area contributed by atoms with E-state index in [2.05, 4.69) is 42.8 Å². The van der Waals surface area contributed by atoms with Gasteiger partial charge in [-0.3, -0.25) is 0 Å². The predicted molar refractivity (Wildman–Crippen MR) is 71.6 cm³/mol. The largest absolute Gasteiger partial charge is 0.380 e. The van der Waals surface area contributed by atoms with E-state index in [1.165, 1.54) is 5.56 Å². The second-order valence-electron chi connectivity index (χ2n) is 4.49. The molecule has 0 saturated heterocycles. The maximum atomic E-state index is 4.02. The first kappa shape index (κ1) is 10.8. The number of nitrogens with one attached hydrogen (secondary N) is 2. The van der Waals surface area contributed by atoms with Crippen LogP contribution in [0.2, 0.25) is 0 Å². The summed E-state index contributed by atoms with van der Waals surface area (Å²) in [6.45, 7) is 12.2. The van der Waals surface area contributed by atoms with Gasteiger partial charge in [-0.2, -0.15) is 0 Å². The molecule has 84 valence electrons. The minimum Gasteiger partial charge on any atom is -0.380 e. The van der Waals surface area contributed by atoms with Crippen LogP contribution in [0.4, 0.5) is 11.4 Å². The second-order valence-corrected chi connectivity index (χ2v) is 4.49. The Morgan fingerprint density at radius 3 is 2.88 bits per heavy atom. The van der Waals surface area contributed by atoms with Crippen molar-refractivity contribution in [3.8, 4) is 0 Å². The zero-order valence-corrected chi connectivity index (χ0v) is 9.93. The van der Waals surface area contributed by atoms with E-state index in [9.17, 15) is 0 Å². The molecule has 1 heterocycles. The summed E-state index contributed by atoms with van der Waals surface area (Å²) in [5.41, 5.74) is 5.53. The van der Waals surface area contributed by atoms with Crippen LogP contribution >= 0.6 is 0 Å². The number of hydrogen-bond acceptors (Lipinski definition) is 2. The van der Waals surface area contributed by atoms with Crippen LogP contribution in [0, 0.1) is 0 Å². The highest BCUT2D eigenvalue weighted by Gasteiger charge is 2.16. The van der Waals surface area contributed by atoms with Gasteiger partial charge < -0.3 is 10.6 Å². The molecule has 0 aromatic heterocycles. The first-order valence-corrected chi connectivity index (χ1v) is 5.58. The molecule has 0 fully saturated rings. The summed E-state index contributed by atoms with van der Waals surface area (Å²) in [5, 5.41) is 6.87. The Bertz CT molecular complexity index is 446. The lowest BCUT2D eigenvalue weighted by Gasteiger charge is -2.16. The summed E-state index contributed by atoms with van der Waals surface area (Å²) < 4.78 is 0.